The van der Waals surface area contributed by atoms with Crippen molar-refractivity contribution in [1.29, 1.82) is 0 Å². The summed E-state index contributed by atoms with van der Waals surface area (Å²) in [6, 6.07) is -0.531. The van der Waals surface area contributed by atoms with E-state index in [1.807, 2.05) is 34.6 Å². The average molecular weight is 446 g/mol. The van der Waals surface area contributed by atoms with Crippen molar-refractivity contribution in [3.05, 3.63) is 0 Å². The van der Waals surface area contributed by atoms with Crippen molar-refractivity contribution >= 4 is 14.4 Å². The average Bonchev–Trinajstić information content (AvgIpc) is 2.98. The smallest absolute Gasteiger partial charge is 0.411 e. The molecule has 8 heteroatoms. The topological polar surface area (TPSA) is 77.5 Å². The molecule has 0 aromatic heterocycles. The van der Waals surface area contributed by atoms with Gasteiger partial charge in [0.05, 0.1) is 18.7 Å². The number of hydrogen-bond donors (Lipinski definition) is 1. The number of ether oxygens (including phenoxy) is 3. The van der Waals surface area contributed by atoms with E-state index in [1.165, 1.54) is 0 Å². The molecule has 7 nitrogen and oxygen atoms in total. The van der Waals surface area contributed by atoms with Crippen molar-refractivity contribution in [3.8, 4) is 0 Å². The lowest BCUT2D eigenvalue weighted by atomic mass is 10.0. The molecule has 0 spiro atoms. The van der Waals surface area contributed by atoms with Gasteiger partial charge in [0.25, 0.3) is 0 Å². The molecule has 0 bridgehead atoms. The fourth-order valence-electron chi connectivity index (χ4n) is 3.85. The summed E-state index contributed by atoms with van der Waals surface area (Å²) in [7, 11) is -2.03. The predicted molar refractivity (Wildman–Crippen MR) is 119 cm³/mol. The van der Waals surface area contributed by atoms with Gasteiger partial charge in [0, 0.05) is 6.61 Å². The minimum Gasteiger partial charge on any atom is -0.444 e. The monoisotopic (exact) mass is 445 g/mol. The molecule has 0 saturated carbocycles. The van der Waals surface area contributed by atoms with Crippen LogP contribution in [0.2, 0.25) is 18.1 Å². The molecule has 0 aromatic carbocycles. The largest absolute Gasteiger partial charge is 0.444 e. The Hall–Kier alpha value is -0.673. The molecule has 2 rings (SSSR count). The van der Waals surface area contributed by atoms with Gasteiger partial charge in [0.1, 0.15) is 17.8 Å². The maximum absolute atomic E-state index is 13.2. The normalized spacial score (nSPS) is 29.2. The van der Waals surface area contributed by atoms with E-state index in [0.29, 0.717) is 19.4 Å². The number of amides is 1. The number of rotatable bonds is 6. The molecule has 2 fully saturated rings. The predicted octanol–water partition coefficient (Wildman–Crippen LogP) is 4.29. The third-order valence-corrected chi connectivity index (χ3v) is 10.8. The molecule has 2 saturated heterocycles. The van der Waals surface area contributed by atoms with Crippen molar-refractivity contribution in [2.24, 2.45) is 0 Å². The first-order valence-corrected chi connectivity index (χ1v) is 14.0. The first-order valence-electron chi connectivity index (χ1n) is 11.1. The Morgan fingerprint density at radius 2 is 1.60 bits per heavy atom. The summed E-state index contributed by atoms with van der Waals surface area (Å²) < 4.78 is 24.8. The molecule has 0 aromatic rings. The number of nitrogens with zero attached hydrogens (tertiary/aromatic N) is 1. The molecule has 1 N–H and O–H groups in total. The maximum atomic E-state index is 13.2. The number of carbonyl (C=O) groups excluding carboxylic acids is 1. The molecule has 30 heavy (non-hydrogen) atoms. The minimum absolute atomic E-state index is 0.0599. The zero-order valence-electron chi connectivity index (χ0n) is 20.6. The fraction of sp³-hybridized carbons (Fsp3) is 0.955. The van der Waals surface area contributed by atoms with Crippen molar-refractivity contribution < 1.29 is 28.5 Å². The van der Waals surface area contributed by atoms with Crippen LogP contribution in [0.3, 0.4) is 0 Å². The van der Waals surface area contributed by atoms with E-state index < -0.39 is 19.7 Å². The second kappa shape index (κ2) is 8.69. The minimum atomic E-state index is -2.03. The van der Waals surface area contributed by atoms with Gasteiger partial charge >= 0.3 is 6.09 Å². The summed E-state index contributed by atoms with van der Waals surface area (Å²) in [6.07, 6.45) is 0.251. The molecule has 1 amide bonds. The van der Waals surface area contributed by atoms with Crippen LogP contribution in [0, 0.1) is 0 Å². The van der Waals surface area contributed by atoms with Crippen LogP contribution >= 0.6 is 0 Å². The van der Waals surface area contributed by atoms with Crippen LogP contribution in [0.4, 0.5) is 4.79 Å². The summed E-state index contributed by atoms with van der Waals surface area (Å²) in [4.78, 5) is 15.0. The van der Waals surface area contributed by atoms with E-state index in [-0.39, 0.29) is 42.0 Å². The lowest BCUT2D eigenvalue weighted by molar-refractivity contribution is -0.168. The van der Waals surface area contributed by atoms with Crippen LogP contribution in [0.15, 0.2) is 0 Å². The Balaban J connectivity index is 2.35. The third-order valence-electron chi connectivity index (χ3n) is 6.32. The number of carbonyl (C=O) groups is 1. The molecule has 176 valence electrons. The van der Waals surface area contributed by atoms with Crippen LogP contribution in [0.5, 0.6) is 0 Å². The third kappa shape index (κ3) is 5.76. The summed E-state index contributed by atoms with van der Waals surface area (Å²) in [5.41, 5.74) is -0.609. The number of aliphatic hydroxyl groups excluding tert-OH is 1. The Labute approximate surface area is 183 Å². The highest BCUT2D eigenvalue weighted by atomic mass is 28.4. The summed E-state index contributed by atoms with van der Waals surface area (Å²) in [6.45, 7) is 20.8. The van der Waals surface area contributed by atoms with Crippen LogP contribution in [0.25, 0.3) is 0 Å². The zero-order valence-corrected chi connectivity index (χ0v) is 21.6. The van der Waals surface area contributed by atoms with Gasteiger partial charge in [0.15, 0.2) is 14.1 Å². The van der Waals surface area contributed by atoms with E-state index in [9.17, 15) is 9.90 Å². The first-order chi connectivity index (χ1) is 13.5. The van der Waals surface area contributed by atoms with Crippen molar-refractivity contribution in [2.45, 2.75) is 122 Å². The van der Waals surface area contributed by atoms with Gasteiger partial charge in [-0.1, -0.05) is 20.8 Å². The van der Waals surface area contributed by atoms with Crippen LogP contribution < -0.4 is 0 Å². The zero-order chi connectivity index (χ0) is 23.1. The molecule has 0 radical (unpaired) electrons. The van der Waals surface area contributed by atoms with Gasteiger partial charge in [-0.2, -0.15) is 0 Å². The molecule has 2 heterocycles. The Bertz CT molecular complexity index is 610. The molecular weight excluding hydrogens is 402 g/mol. The van der Waals surface area contributed by atoms with E-state index in [0.717, 1.165) is 0 Å². The Morgan fingerprint density at radius 3 is 2.07 bits per heavy atom. The standard InChI is InChI=1S/C22H43NO6Si/c1-20(2,3)29-19(25)23-15(12-11-13-24)17-18(28-22(7,8)27-17)16(23)14-26-30(9,10)21(4,5)6/h15-18,24H,11-14H2,1-10H3/t15-,16-,17+,18-/m1/s1. The van der Waals surface area contributed by atoms with Gasteiger partial charge in [-0.25, -0.2) is 4.79 Å². The number of hydrogen-bond acceptors (Lipinski definition) is 6. The molecule has 0 aliphatic carbocycles. The van der Waals surface area contributed by atoms with Crippen LogP contribution in [-0.2, 0) is 18.6 Å². The van der Waals surface area contributed by atoms with Crippen molar-refractivity contribution in [3.63, 3.8) is 0 Å². The molecule has 0 unspecified atom stereocenters. The maximum Gasteiger partial charge on any atom is 0.411 e. The lowest BCUT2D eigenvalue weighted by Crippen LogP contribution is -2.52. The van der Waals surface area contributed by atoms with Crippen molar-refractivity contribution in [2.75, 3.05) is 13.2 Å². The Morgan fingerprint density at radius 1 is 1.07 bits per heavy atom. The fourth-order valence-corrected chi connectivity index (χ4v) is 4.87. The number of aliphatic hydroxyl groups is 1. The van der Waals surface area contributed by atoms with Gasteiger partial charge < -0.3 is 23.7 Å². The number of fused-ring (bicyclic) bond motifs is 1. The van der Waals surface area contributed by atoms with Crippen LogP contribution in [-0.4, -0.2) is 73.3 Å². The molecule has 4 atom stereocenters. The molecule has 2 aliphatic rings. The highest BCUT2D eigenvalue weighted by Gasteiger charge is 2.60. The molecular formula is C22H43NO6Si. The summed E-state index contributed by atoms with van der Waals surface area (Å²) >= 11 is 0. The highest BCUT2D eigenvalue weighted by Crippen LogP contribution is 2.44. The van der Waals surface area contributed by atoms with E-state index >= 15 is 0 Å². The molecule has 2 aliphatic heterocycles. The SMILES string of the molecule is CC(C)(C)OC(=O)N1[C@H](CCCO)[C@@H]2OC(C)(C)O[C@@H]2[C@H]1CO[Si](C)(C)C(C)(C)C. The quantitative estimate of drug-likeness (QED) is 0.615. The highest BCUT2D eigenvalue weighted by molar-refractivity contribution is 6.74. The summed E-state index contributed by atoms with van der Waals surface area (Å²) in [5.74, 6) is -0.720. The van der Waals surface area contributed by atoms with Gasteiger partial charge in [-0.15, -0.1) is 0 Å². The van der Waals surface area contributed by atoms with Gasteiger partial charge in [0.2, 0.25) is 0 Å². The first kappa shape index (κ1) is 25.6. The van der Waals surface area contributed by atoms with E-state index in [4.69, 9.17) is 18.6 Å². The second-order valence-corrected chi connectivity index (χ2v) is 16.3. The van der Waals surface area contributed by atoms with Crippen molar-refractivity contribution in [1.82, 2.24) is 4.90 Å². The Kier molecular flexibility index (Phi) is 7.41. The van der Waals surface area contributed by atoms with E-state index in [2.05, 4.69) is 33.9 Å². The van der Waals surface area contributed by atoms with Gasteiger partial charge in [-0.05, 0) is 65.6 Å². The second-order valence-electron chi connectivity index (χ2n) is 11.5. The van der Waals surface area contributed by atoms with Crippen LogP contribution in [0.1, 0.15) is 68.2 Å². The van der Waals surface area contributed by atoms with Gasteiger partial charge in [-0.3, -0.25) is 4.90 Å². The lowest BCUT2D eigenvalue weighted by Gasteiger charge is -2.40. The number of likely N-dealkylation sites (tertiary alicyclic amines) is 1. The van der Waals surface area contributed by atoms with E-state index in [1.54, 1.807) is 4.90 Å². The summed E-state index contributed by atoms with van der Waals surface area (Å²) in [5, 5.41) is 9.48.